The largest absolute Gasteiger partial charge is 0.330 e. The Balaban J connectivity index is 1.40. The Hall–Kier alpha value is -2.94. The molecule has 3 unspecified atom stereocenters. The number of hydrogen-bond acceptors (Lipinski definition) is 7. The van der Waals surface area contributed by atoms with Gasteiger partial charge in [-0.2, -0.15) is 10.1 Å². The van der Waals surface area contributed by atoms with Crippen molar-refractivity contribution >= 4 is 23.3 Å². The van der Waals surface area contributed by atoms with E-state index in [9.17, 15) is 4.39 Å². The molecule has 2 aromatic heterocycles. The van der Waals surface area contributed by atoms with E-state index in [1.807, 2.05) is 4.90 Å². The molecule has 0 saturated heterocycles. The van der Waals surface area contributed by atoms with Gasteiger partial charge in [0.15, 0.2) is 0 Å². The predicted octanol–water partition coefficient (Wildman–Crippen LogP) is 3.57. The molecule has 1 N–H and O–H groups in total. The number of aromatic nitrogens is 4. The maximum atomic E-state index is 13.2. The fraction of sp³-hybridized carbons (Fsp3) is 0.368. The summed E-state index contributed by atoms with van der Waals surface area (Å²) >= 11 is 6.44. The Morgan fingerprint density at radius 3 is 2.86 bits per heavy atom. The lowest BCUT2D eigenvalue weighted by Gasteiger charge is -2.45. The molecule has 0 amide bonds. The Kier molecular flexibility index (Phi) is 3.67. The second-order valence-corrected chi connectivity index (χ2v) is 7.92. The van der Waals surface area contributed by atoms with Crippen LogP contribution in [0.15, 0.2) is 40.1 Å². The Labute approximate surface area is 170 Å². The standard InChI is InChI=1S/C19H17ClFN7O/c20-19-22-9-14-27(19)13-4-2-1-3-12(13)16-24-25-17(28(14)16)18-23-15(26-29-18)10-5-7-11(21)8-6-10/h5-9,12-13,16,24H,1-4H2. The molecule has 29 heavy (non-hydrogen) atoms. The molecule has 3 atom stereocenters. The lowest BCUT2D eigenvalue weighted by molar-refractivity contribution is 0.176. The first-order valence-electron chi connectivity index (χ1n) is 9.66. The molecule has 1 aromatic carbocycles. The third-order valence-corrected chi connectivity index (χ3v) is 6.31. The average molecular weight is 414 g/mol. The van der Waals surface area contributed by atoms with Crippen molar-refractivity contribution in [3.8, 4) is 11.4 Å². The molecule has 1 fully saturated rings. The number of rotatable bonds is 2. The molecule has 148 valence electrons. The van der Waals surface area contributed by atoms with Crippen molar-refractivity contribution in [1.29, 1.82) is 0 Å². The van der Waals surface area contributed by atoms with Crippen LogP contribution in [0.5, 0.6) is 0 Å². The minimum absolute atomic E-state index is 0.00302. The van der Waals surface area contributed by atoms with Crippen LogP contribution < -0.4 is 10.3 Å². The van der Waals surface area contributed by atoms with Crippen molar-refractivity contribution in [3.05, 3.63) is 47.5 Å². The fourth-order valence-electron chi connectivity index (χ4n) is 4.73. The van der Waals surface area contributed by atoms with Gasteiger partial charge >= 0.3 is 0 Å². The summed E-state index contributed by atoms with van der Waals surface area (Å²) in [6.45, 7) is 0. The summed E-state index contributed by atoms with van der Waals surface area (Å²) in [5.74, 6) is 2.11. The van der Waals surface area contributed by atoms with E-state index in [1.165, 1.54) is 25.0 Å². The van der Waals surface area contributed by atoms with Crippen molar-refractivity contribution in [1.82, 2.24) is 25.1 Å². The number of hydrogen-bond donors (Lipinski definition) is 1. The molecule has 0 radical (unpaired) electrons. The number of nitrogens with zero attached hydrogens (tertiary/aromatic N) is 6. The van der Waals surface area contributed by atoms with Crippen molar-refractivity contribution in [2.75, 3.05) is 4.90 Å². The molecule has 2 aliphatic heterocycles. The van der Waals surface area contributed by atoms with E-state index in [0.717, 1.165) is 18.7 Å². The summed E-state index contributed by atoms with van der Waals surface area (Å²) in [7, 11) is 0. The van der Waals surface area contributed by atoms with Crippen LogP contribution in [0.3, 0.4) is 0 Å². The summed E-state index contributed by atoms with van der Waals surface area (Å²) in [6.07, 6.45) is 6.28. The lowest BCUT2D eigenvalue weighted by atomic mass is 9.80. The number of benzene rings is 1. The second kappa shape index (κ2) is 6.28. The van der Waals surface area contributed by atoms with Crippen LogP contribution in [-0.2, 0) is 0 Å². The van der Waals surface area contributed by atoms with Gasteiger partial charge in [-0.3, -0.25) is 14.9 Å². The number of amidine groups is 1. The lowest BCUT2D eigenvalue weighted by Crippen LogP contribution is -2.53. The third kappa shape index (κ3) is 2.50. The first-order chi connectivity index (χ1) is 14.2. The van der Waals surface area contributed by atoms with E-state index in [4.69, 9.17) is 16.1 Å². The Morgan fingerprint density at radius 1 is 1.17 bits per heavy atom. The van der Waals surface area contributed by atoms with Crippen molar-refractivity contribution in [3.63, 3.8) is 0 Å². The highest BCUT2D eigenvalue weighted by Crippen LogP contribution is 2.47. The molecule has 3 aromatic rings. The van der Waals surface area contributed by atoms with Crippen LogP contribution in [0.25, 0.3) is 11.4 Å². The molecule has 0 spiro atoms. The quantitative estimate of drug-likeness (QED) is 0.691. The molecule has 1 saturated carbocycles. The fourth-order valence-corrected chi connectivity index (χ4v) is 4.99. The minimum Gasteiger partial charge on any atom is -0.330 e. The molecular weight excluding hydrogens is 397 g/mol. The third-order valence-electron chi connectivity index (χ3n) is 6.03. The van der Waals surface area contributed by atoms with Gasteiger partial charge in [-0.05, 0) is 48.7 Å². The van der Waals surface area contributed by atoms with Crippen molar-refractivity contribution in [2.24, 2.45) is 11.0 Å². The van der Waals surface area contributed by atoms with E-state index in [-0.39, 0.29) is 17.9 Å². The second-order valence-electron chi connectivity index (χ2n) is 7.58. The molecule has 1 aliphatic carbocycles. The molecule has 6 rings (SSSR count). The first kappa shape index (κ1) is 17.0. The van der Waals surface area contributed by atoms with Gasteiger partial charge in [0.25, 0.3) is 5.89 Å². The smallest absolute Gasteiger partial charge is 0.296 e. The molecular formula is C19H17ClFN7O. The van der Waals surface area contributed by atoms with Gasteiger partial charge in [-0.25, -0.2) is 9.37 Å². The topological polar surface area (TPSA) is 84.4 Å². The normalized spacial score (nSPS) is 25.1. The molecule has 8 nitrogen and oxygen atoms in total. The first-order valence-corrected chi connectivity index (χ1v) is 10.0. The van der Waals surface area contributed by atoms with Crippen molar-refractivity contribution < 1.29 is 8.91 Å². The zero-order chi connectivity index (χ0) is 19.5. The van der Waals surface area contributed by atoms with E-state index in [2.05, 4.69) is 30.2 Å². The molecule has 10 heteroatoms. The molecule has 0 bridgehead atoms. The maximum Gasteiger partial charge on any atom is 0.296 e. The van der Waals surface area contributed by atoms with Gasteiger partial charge in [0.05, 0.1) is 6.20 Å². The van der Waals surface area contributed by atoms with Gasteiger partial charge in [0, 0.05) is 17.5 Å². The Morgan fingerprint density at radius 2 is 2.00 bits per heavy atom. The predicted molar refractivity (Wildman–Crippen MR) is 104 cm³/mol. The summed E-state index contributed by atoms with van der Waals surface area (Å²) in [5.41, 5.74) is 3.94. The summed E-state index contributed by atoms with van der Waals surface area (Å²) in [5, 5.41) is 9.06. The number of hydrazone groups is 1. The number of nitrogens with one attached hydrogen (secondary N) is 1. The summed E-state index contributed by atoms with van der Waals surface area (Å²) in [6, 6.07) is 6.26. The highest BCUT2D eigenvalue weighted by atomic mass is 35.5. The van der Waals surface area contributed by atoms with Gasteiger partial charge in [0.2, 0.25) is 16.9 Å². The number of halogens is 2. The zero-order valence-corrected chi connectivity index (χ0v) is 16.1. The summed E-state index contributed by atoms with van der Waals surface area (Å²) in [4.78, 5) is 10.9. The minimum atomic E-state index is -0.315. The highest BCUT2D eigenvalue weighted by Gasteiger charge is 2.48. The zero-order valence-electron chi connectivity index (χ0n) is 15.3. The molecule has 4 heterocycles. The highest BCUT2D eigenvalue weighted by molar-refractivity contribution is 6.28. The van der Waals surface area contributed by atoms with Crippen molar-refractivity contribution in [2.45, 2.75) is 37.9 Å². The van der Waals surface area contributed by atoms with Gasteiger partial charge in [0.1, 0.15) is 17.8 Å². The van der Waals surface area contributed by atoms with E-state index >= 15 is 0 Å². The van der Waals surface area contributed by atoms with Crippen LogP contribution >= 0.6 is 11.6 Å². The number of anilines is 1. The number of fused-ring (bicyclic) bond motifs is 6. The summed E-state index contributed by atoms with van der Waals surface area (Å²) < 4.78 is 20.8. The average Bonchev–Trinajstić information content (AvgIpc) is 3.46. The van der Waals surface area contributed by atoms with Gasteiger partial charge in [-0.1, -0.05) is 18.0 Å². The number of imidazole rings is 1. The molecule has 3 aliphatic rings. The van der Waals surface area contributed by atoms with E-state index in [0.29, 0.717) is 34.5 Å². The van der Waals surface area contributed by atoms with E-state index in [1.54, 1.807) is 18.3 Å². The SMILES string of the molecule is Fc1ccc(-c2noc(C3=NNC4C5CCCCC5n5c(cnc5Cl)N34)n2)cc1. The van der Waals surface area contributed by atoms with Crippen LogP contribution in [0.1, 0.15) is 37.6 Å². The van der Waals surface area contributed by atoms with Crippen LogP contribution in [-0.4, -0.2) is 31.7 Å². The van der Waals surface area contributed by atoms with Crippen LogP contribution in [0.2, 0.25) is 5.28 Å². The monoisotopic (exact) mass is 413 g/mol. The van der Waals surface area contributed by atoms with E-state index < -0.39 is 0 Å². The Bertz CT molecular complexity index is 1110. The van der Waals surface area contributed by atoms with Crippen LogP contribution in [0.4, 0.5) is 10.2 Å². The van der Waals surface area contributed by atoms with Crippen LogP contribution in [0, 0.1) is 11.7 Å². The van der Waals surface area contributed by atoms with Gasteiger partial charge in [-0.15, -0.1) is 0 Å². The van der Waals surface area contributed by atoms with Gasteiger partial charge < -0.3 is 4.52 Å². The maximum absolute atomic E-state index is 13.2.